The first-order chi connectivity index (χ1) is 8.03. The van der Waals surface area contributed by atoms with Gasteiger partial charge in [0.1, 0.15) is 6.33 Å². The van der Waals surface area contributed by atoms with Crippen molar-refractivity contribution < 1.29 is 27.4 Å². The summed E-state index contributed by atoms with van der Waals surface area (Å²) in [7, 11) is 0. The van der Waals surface area contributed by atoms with Crippen molar-refractivity contribution in [3.63, 3.8) is 0 Å². The van der Waals surface area contributed by atoms with Crippen LogP contribution in [-0.2, 0) is 16.0 Å². The molecule has 0 radical (unpaired) electrons. The Kier molecular flexibility index (Phi) is 4.68. The SMILES string of the molecule is O=COCCc1ncncc1OCC(F)(F)F. The zero-order valence-electron chi connectivity index (χ0n) is 8.61. The predicted molar refractivity (Wildman–Crippen MR) is 49.3 cm³/mol. The van der Waals surface area contributed by atoms with E-state index in [0.29, 0.717) is 0 Å². The molecular formula is C9H9F3N2O3. The fourth-order valence-electron chi connectivity index (χ4n) is 1.01. The summed E-state index contributed by atoms with van der Waals surface area (Å²) in [6.07, 6.45) is -1.95. The van der Waals surface area contributed by atoms with E-state index in [4.69, 9.17) is 0 Å². The van der Waals surface area contributed by atoms with E-state index in [1.807, 2.05) is 0 Å². The second-order valence-corrected chi connectivity index (χ2v) is 2.95. The van der Waals surface area contributed by atoms with E-state index in [-0.39, 0.29) is 30.9 Å². The van der Waals surface area contributed by atoms with Gasteiger partial charge in [0.25, 0.3) is 6.47 Å². The smallest absolute Gasteiger partial charge is 0.422 e. The van der Waals surface area contributed by atoms with E-state index >= 15 is 0 Å². The zero-order chi connectivity index (χ0) is 12.7. The minimum Gasteiger partial charge on any atom is -0.481 e. The number of carbonyl (C=O) groups is 1. The third kappa shape index (κ3) is 5.14. The van der Waals surface area contributed by atoms with Gasteiger partial charge in [-0.05, 0) is 0 Å². The van der Waals surface area contributed by atoms with Gasteiger partial charge in [0, 0.05) is 6.42 Å². The van der Waals surface area contributed by atoms with Crippen LogP contribution in [0, 0.1) is 0 Å². The Balaban J connectivity index is 2.60. The Morgan fingerprint density at radius 3 is 2.82 bits per heavy atom. The molecule has 1 aromatic heterocycles. The van der Waals surface area contributed by atoms with Crippen LogP contribution in [0.1, 0.15) is 5.69 Å². The topological polar surface area (TPSA) is 61.3 Å². The van der Waals surface area contributed by atoms with Gasteiger partial charge in [0.05, 0.1) is 18.5 Å². The number of hydrogen-bond donors (Lipinski definition) is 0. The van der Waals surface area contributed by atoms with Crippen LogP contribution in [0.2, 0.25) is 0 Å². The lowest BCUT2D eigenvalue weighted by Gasteiger charge is -2.11. The molecule has 0 unspecified atom stereocenters. The Bertz CT molecular complexity index is 371. The molecule has 5 nitrogen and oxygen atoms in total. The van der Waals surface area contributed by atoms with Gasteiger partial charge in [0.15, 0.2) is 12.4 Å². The van der Waals surface area contributed by atoms with Gasteiger partial charge in [-0.2, -0.15) is 13.2 Å². The van der Waals surface area contributed by atoms with Crippen LogP contribution in [-0.4, -0.2) is 35.8 Å². The Labute approximate surface area is 94.6 Å². The summed E-state index contributed by atoms with van der Waals surface area (Å²) < 4.78 is 44.8. The van der Waals surface area contributed by atoms with Crippen molar-refractivity contribution in [2.45, 2.75) is 12.6 Å². The second kappa shape index (κ2) is 6.02. The Morgan fingerprint density at radius 2 is 2.18 bits per heavy atom. The Morgan fingerprint density at radius 1 is 1.41 bits per heavy atom. The monoisotopic (exact) mass is 250 g/mol. The van der Waals surface area contributed by atoms with Gasteiger partial charge in [0.2, 0.25) is 0 Å². The molecule has 0 atom stereocenters. The van der Waals surface area contributed by atoms with Crippen molar-refractivity contribution in [1.82, 2.24) is 9.97 Å². The molecular weight excluding hydrogens is 241 g/mol. The number of nitrogens with zero attached hydrogens (tertiary/aromatic N) is 2. The minimum atomic E-state index is -4.42. The summed E-state index contributed by atoms with van der Waals surface area (Å²) >= 11 is 0. The maximum absolute atomic E-state index is 11.9. The molecule has 0 aromatic carbocycles. The zero-order valence-corrected chi connectivity index (χ0v) is 8.61. The lowest BCUT2D eigenvalue weighted by molar-refractivity contribution is -0.153. The maximum Gasteiger partial charge on any atom is 0.422 e. The summed E-state index contributed by atoms with van der Waals surface area (Å²) in [5, 5.41) is 0. The van der Waals surface area contributed by atoms with Crippen LogP contribution < -0.4 is 4.74 Å². The van der Waals surface area contributed by atoms with Gasteiger partial charge in [-0.3, -0.25) is 4.79 Å². The first kappa shape index (κ1) is 13.2. The highest BCUT2D eigenvalue weighted by molar-refractivity contribution is 5.37. The third-order valence-electron chi connectivity index (χ3n) is 1.67. The number of carbonyl (C=O) groups excluding carboxylic acids is 1. The van der Waals surface area contributed by atoms with E-state index in [0.717, 1.165) is 6.20 Å². The average Bonchev–Trinajstić information content (AvgIpc) is 2.27. The number of alkyl halides is 3. The predicted octanol–water partition coefficient (Wildman–Crippen LogP) is 1.13. The molecule has 0 saturated carbocycles. The molecule has 0 saturated heterocycles. The first-order valence-electron chi connectivity index (χ1n) is 4.56. The fraction of sp³-hybridized carbons (Fsp3) is 0.444. The summed E-state index contributed by atoms with van der Waals surface area (Å²) in [5.74, 6) is -0.0701. The second-order valence-electron chi connectivity index (χ2n) is 2.95. The van der Waals surface area contributed by atoms with Gasteiger partial charge >= 0.3 is 6.18 Å². The third-order valence-corrected chi connectivity index (χ3v) is 1.67. The number of aromatic nitrogens is 2. The standard InChI is InChI=1S/C9H9F3N2O3/c10-9(11,12)4-17-8-3-13-5-14-7(8)1-2-16-6-15/h3,5-6H,1-2,4H2. The summed E-state index contributed by atoms with van der Waals surface area (Å²) in [4.78, 5) is 17.2. The minimum absolute atomic E-state index is 0.0168. The lowest BCUT2D eigenvalue weighted by Crippen LogP contribution is -2.20. The molecule has 1 aromatic rings. The van der Waals surface area contributed by atoms with Gasteiger partial charge in [-0.15, -0.1) is 0 Å². The van der Waals surface area contributed by atoms with Crippen LogP contribution in [0.15, 0.2) is 12.5 Å². The molecule has 8 heteroatoms. The highest BCUT2D eigenvalue weighted by Gasteiger charge is 2.28. The highest BCUT2D eigenvalue weighted by atomic mass is 19.4. The molecule has 0 fully saturated rings. The first-order valence-corrected chi connectivity index (χ1v) is 4.56. The van der Waals surface area contributed by atoms with E-state index in [2.05, 4.69) is 19.4 Å². The van der Waals surface area contributed by atoms with Crippen molar-refractivity contribution in [3.8, 4) is 5.75 Å². The van der Waals surface area contributed by atoms with E-state index < -0.39 is 12.8 Å². The quantitative estimate of drug-likeness (QED) is 0.559. The molecule has 0 bridgehead atoms. The van der Waals surface area contributed by atoms with Crippen LogP contribution >= 0.6 is 0 Å². The van der Waals surface area contributed by atoms with Crippen molar-refractivity contribution in [3.05, 3.63) is 18.2 Å². The highest BCUT2D eigenvalue weighted by Crippen LogP contribution is 2.20. The number of halogens is 3. The summed E-state index contributed by atoms with van der Waals surface area (Å²) in [6.45, 7) is -1.15. The van der Waals surface area contributed by atoms with Gasteiger partial charge in [-0.25, -0.2) is 9.97 Å². The van der Waals surface area contributed by atoms with E-state index in [1.165, 1.54) is 6.33 Å². The van der Waals surface area contributed by atoms with Crippen LogP contribution in [0.5, 0.6) is 5.75 Å². The molecule has 1 rings (SSSR count). The van der Waals surface area contributed by atoms with Crippen molar-refractivity contribution in [2.75, 3.05) is 13.2 Å². The molecule has 94 valence electrons. The molecule has 0 spiro atoms. The number of hydrogen-bond acceptors (Lipinski definition) is 5. The number of ether oxygens (including phenoxy) is 2. The van der Waals surface area contributed by atoms with Crippen LogP contribution in [0.3, 0.4) is 0 Å². The van der Waals surface area contributed by atoms with Crippen LogP contribution in [0.25, 0.3) is 0 Å². The summed E-state index contributed by atoms with van der Waals surface area (Å²) in [6, 6.07) is 0. The normalized spacial score (nSPS) is 11.0. The van der Waals surface area contributed by atoms with Gasteiger partial charge < -0.3 is 9.47 Å². The van der Waals surface area contributed by atoms with Crippen molar-refractivity contribution in [2.24, 2.45) is 0 Å². The Hall–Kier alpha value is -1.86. The fourth-order valence-corrected chi connectivity index (χ4v) is 1.01. The lowest BCUT2D eigenvalue weighted by atomic mass is 10.3. The van der Waals surface area contributed by atoms with Crippen LogP contribution in [0.4, 0.5) is 13.2 Å². The van der Waals surface area contributed by atoms with Crippen molar-refractivity contribution in [1.29, 1.82) is 0 Å². The molecule has 0 N–H and O–H groups in total. The van der Waals surface area contributed by atoms with Gasteiger partial charge in [-0.1, -0.05) is 0 Å². The van der Waals surface area contributed by atoms with Crippen molar-refractivity contribution >= 4 is 6.47 Å². The van der Waals surface area contributed by atoms with E-state index in [9.17, 15) is 18.0 Å². The molecule has 0 aliphatic heterocycles. The maximum atomic E-state index is 11.9. The van der Waals surface area contributed by atoms with E-state index in [1.54, 1.807) is 0 Å². The largest absolute Gasteiger partial charge is 0.481 e. The molecule has 0 amide bonds. The molecule has 1 heterocycles. The average molecular weight is 250 g/mol. The molecule has 17 heavy (non-hydrogen) atoms. The molecule has 0 aliphatic carbocycles. The molecule has 0 aliphatic rings. The number of rotatable bonds is 6. The summed E-state index contributed by atoms with van der Waals surface area (Å²) in [5.41, 5.74) is 0.256.